The fourth-order valence-electron chi connectivity index (χ4n) is 5.55. The quantitative estimate of drug-likeness (QED) is 0.272. The van der Waals surface area contributed by atoms with Gasteiger partial charge in [-0.3, -0.25) is 9.59 Å². The summed E-state index contributed by atoms with van der Waals surface area (Å²) in [5.41, 5.74) is 3.81. The zero-order valence-electron chi connectivity index (χ0n) is 20.2. The molecule has 2 aliphatic carbocycles. The fraction of sp³-hybridized carbons (Fsp3) is 0.370. The summed E-state index contributed by atoms with van der Waals surface area (Å²) in [6, 6.07) is 14.0. The second kappa shape index (κ2) is 9.41. The molecule has 6 rings (SSSR count). The number of aromatic nitrogens is 5. The molecule has 37 heavy (non-hydrogen) atoms. The highest BCUT2D eigenvalue weighted by atomic mass is 79.9. The van der Waals surface area contributed by atoms with Gasteiger partial charge < -0.3 is 15.0 Å². The number of aliphatic carboxylic acids is 1. The lowest BCUT2D eigenvalue weighted by Crippen LogP contribution is -2.44. The molecule has 0 bridgehead atoms. The summed E-state index contributed by atoms with van der Waals surface area (Å²) in [7, 11) is 0. The number of fused-ring (bicyclic) bond motifs is 1. The number of aromatic amines is 2. The van der Waals surface area contributed by atoms with Crippen molar-refractivity contribution >= 4 is 38.7 Å². The molecule has 0 saturated heterocycles. The lowest BCUT2D eigenvalue weighted by molar-refractivity contribution is -0.152. The molecule has 2 fully saturated rings. The monoisotopic (exact) mass is 562 g/mol. The Morgan fingerprint density at radius 2 is 1.86 bits per heavy atom. The minimum atomic E-state index is -0.838. The van der Waals surface area contributed by atoms with E-state index in [4.69, 9.17) is 0 Å². The van der Waals surface area contributed by atoms with Gasteiger partial charge in [-0.15, -0.1) is 5.10 Å². The summed E-state index contributed by atoms with van der Waals surface area (Å²) in [5, 5.41) is 25.3. The van der Waals surface area contributed by atoms with Gasteiger partial charge in [0.2, 0.25) is 5.91 Å². The minimum absolute atomic E-state index is 0.0312. The fourth-order valence-corrected chi connectivity index (χ4v) is 6.19. The summed E-state index contributed by atoms with van der Waals surface area (Å²) in [5.74, 6) is -0.0947. The number of hydrogen-bond donors (Lipinski definition) is 3. The molecule has 190 valence electrons. The number of hydrogen-bond acceptors (Lipinski definition) is 5. The number of benzene rings is 2. The Balaban J connectivity index is 1.34. The van der Waals surface area contributed by atoms with Crippen LogP contribution in [0.4, 0.5) is 0 Å². The summed E-state index contributed by atoms with van der Waals surface area (Å²) in [6.45, 7) is 0.668. The van der Waals surface area contributed by atoms with Crippen LogP contribution < -0.4 is 0 Å². The normalized spacial score (nSPS) is 16.8. The number of amides is 1. The van der Waals surface area contributed by atoms with E-state index in [2.05, 4.69) is 47.6 Å². The summed E-state index contributed by atoms with van der Waals surface area (Å²) in [4.78, 5) is 30.8. The predicted molar refractivity (Wildman–Crippen MR) is 141 cm³/mol. The molecule has 0 aliphatic heterocycles. The topological polar surface area (TPSA) is 128 Å². The van der Waals surface area contributed by atoms with Gasteiger partial charge in [-0.2, -0.15) is 0 Å². The van der Waals surface area contributed by atoms with Crippen LogP contribution in [-0.2, 0) is 16.1 Å². The van der Waals surface area contributed by atoms with Crippen molar-refractivity contribution in [2.24, 2.45) is 11.3 Å². The highest BCUT2D eigenvalue weighted by molar-refractivity contribution is 9.10. The highest BCUT2D eigenvalue weighted by Crippen LogP contribution is 2.42. The second-order valence-electron chi connectivity index (χ2n) is 10.3. The van der Waals surface area contributed by atoms with Crippen LogP contribution in [0.3, 0.4) is 0 Å². The maximum atomic E-state index is 13.2. The molecule has 3 N–H and O–H groups in total. The van der Waals surface area contributed by atoms with E-state index in [0.29, 0.717) is 25.2 Å². The molecule has 2 aromatic carbocycles. The van der Waals surface area contributed by atoms with Gasteiger partial charge in [0.1, 0.15) is 0 Å². The molecule has 1 amide bonds. The zero-order valence-corrected chi connectivity index (χ0v) is 21.8. The molecule has 0 atom stereocenters. The number of tetrazole rings is 1. The van der Waals surface area contributed by atoms with Crippen molar-refractivity contribution in [1.82, 2.24) is 30.5 Å². The molecule has 0 unspecified atom stereocenters. The minimum Gasteiger partial charge on any atom is -0.481 e. The highest BCUT2D eigenvalue weighted by Gasteiger charge is 2.45. The standard InChI is InChI=1S/C27H27BrN6O3/c28-22-20-13-16(14-34(25(35)17-8-9-17)15-27(26(36)37)11-3-4-12-27)7-10-21(20)29-23(22)18-5-1-2-6-19(18)24-30-32-33-31-24/h1-2,5-7,10,13,17,29H,3-4,8-9,11-12,14-15H2,(H,36,37)(H,30,31,32,33). The first-order valence-electron chi connectivity index (χ1n) is 12.6. The third-order valence-corrected chi connectivity index (χ3v) is 8.54. The Morgan fingerprint density at radius 1 is 1.11 bits per heavy atom. The largest absolute Gasteiger partial charge is 0.481 e. The molecular formula is C27H27BrN6O3. The van der Waals surface area contributed by atoms with Crippen molar-refractivity contribution in [2.45, 2.75) is 45.1 Å². The third-order valence-electron chi connectivity index (χ3n) is 7.72. The number of halogens is 1. The Kier molecular flexibility index (Phi) is 6.06. The number of carboxylic acids is 1. The SMILES string of the molecule is O=C(C1CC1)N(Cc1ccc2[nH]c(-c3ccccc3-c3nnn[nH]3)c(Br)c2c1)CC1(C(=O)O)CCCC1. The summed E-state index contributed by atoms with van der Waals surface area (Å²) >= 11 is 3.80. The molecule has 2 aliphatic rings. The molecule has 9 nitrogen and oxygen atoms in total. The lowest BCUT2D eigenvalue weighted by atomic mass is 9.85. The molecule has 10 heteroatoms. The van der Waals surface area contributed by atoms with Gasteiger partial charge in [0, 0.05) is 41.0 Å². The van der Waals surface area contributed by atoms with Crippen LogP contribution in [0.25, 0.3) is 33.5 Å². The van der Waals surface area contributed by atoms with Gasteiger partial charge in [-0.25, -0.2) is 5.10 Å². The van der Waals surface area contributed by atoms with Gasteiger partial charge in [0.25, 0.3) is 0 Å². The maximum Gasteiger partial charge on any atom is 0.311 e. The van der Waals surface area contributed by atoms with E-state index in [9.17, 15) is 14.7 Å². The van der Waals surface area contributed by atoms with Crippen LogP contribution in [0.15, 0.2) is 46.9 Å². The van der Waals surface area contributed by atoms with E-state index in [0.717, 1.165) is 63.4 Å². The number of nitrogens with one attached hydrogen (secondary N) is 2. The van der Waals surface area contributed by atoms with Gasteiger partial charge in [0.05, 0.1) is 15.6 Å². The Morgan fingerprint density at radius 3 is 2.54 bits per heavy atom. The number of carbonyl (C=O) groups excluding carboxylic acids is 1. The molecule has 2 heterocycles. The molecule has 2 saturated carbocycles. The first-order chi connectivity index (χ1) is 17.9. The first kappa shape index (κ1) is 23.8. The Labute approximate surface area is 221 Å². The van der Waals surface area contributed by atoms with Gasteiger partial charge in [-0.1, -0.05) is 43.2 Å². The molecule has 4 aromatic rings. The average Bonchev–Trinajstić information content (AvgIpc) is 3.27. The van der Waals surface area contributed by atoms with E-state index in [1.54, 1.807) is 4.90 Å². The molecular weight excluding hydrogens is 536 g/mol. The van der Waals surface area contributed by atoms with Gasteiger partial charge in [-0.05, 0) is 69.7 Å². The smallest absolute Gasteiger partial charge is 0.311 e. The van der Waals surface area contributed by atoms with E-state index in [1.807, 2.05) is 36.4 Å². The first-order valence-corrected chi connectivity index (χ1v) is 13.4. The van der Waals surface area contributed by atoms with Crippen LogP contribution in [-0.4, -0.2) is 54.0 Å². The summed E-state index contributed by atoms with van der Waals surface area (Å²) in [6.07, 6.45) is 4.83. The van der Waals surface area contributed by atoms with Crippen molar-refractivity contribution in [2.75, 3.05) is 6.54 Å². The summed E-state index contributed by atoms with van der Waals surface area (Å²) < 4.78 is 0.905. The molecule has 0 spiro atoms. The van der Waals surface area contributed by atoms with E-state index in [-0.39, 0.29) is 18.4 Å². The Bertz CT molecular complexity index is 1470. The van der Waals surface area contributed by atoms with E-state index < -0.39 is 11.4 Å². The number of nitrogens with zero attached hydrogens (tertiary/aromatic N) is 4. The van der Waals surface area contributed by atoms with Gasteiger partial charge >= 0.3 is 5.97 Å². The second-order valence-corrected chi connectivity index (χ2v) is 11.0. The Hall–Kier alpha value is -3.53. The van der Waals surface area contributed by atoms with Crippen LogP contribution in [0, 0.1) is 11.3 Å². The van der Waals surface area contributed by atoms with Crippen molar-refractivity contribution < 1.29 is 14.7 Å². The number of carbonyl (C=O) groups is 2. The zero-order chi connectivity index (χ0) is 25.6. The van der Waals surface area contributed by atoms with Crippen LogP contribution in [0.5, 0.6) is 0 Å². The average molecular weight is 563 g/mol. The molecule has 2 aromatic heterocycles. The number of rotatable bonds is 8. The predicted octanol–water partition coefficient (Wildman–Crippen LogP) is 5.16. The maximum absolute atomic E-state index is 13.2. The van der Waals surface area contributed by atoms with Gasteiger partial charge in [0.15, 0.2) is 5.82 Å². The van der Waals surface area contributed by atoms with Crippen LogP contribution in [0.2, 0.25) is 0 Å². The van der Waals surface area contributed by atoms with Crippen molar-refractivity contribution in [1.29, 1.82) is 0 Å². The molecule has 0 radical (unpaired) electrons. The number of H-pyrrole nitrogens is 2. The van der Waals surface area contributed by atoms with Crippen LogP contribution in [0.1, 0.15) is 44.1 Å². The van der Waals surface area contributed by atoms with E-state index >= 15 is 0 Å². The van der Waals surface area contributed by atoms with Crippen LogP contribution >= 0.6 is 15.9 Å². The van der Waals surface area contributed by atoms with E-state index in [1.165, 1.54) is 0 Å². The van der Waals surface area contributed by atoms with Crippen molar-refractivity contribution in [3.05, 3.63) is 52.5 Å². The third kappa shape index (κ3) is 4.43. The lowest BCUT2D eigenvalue weighted by Gasteiger charge is -2.32. The number of carboxylic acid groups (broad SMARTS) is 1. The van der Waals surface area contributed by atoms with Crippen molar-refractivity contribution in [3.63, 3.8) is 0 Å². The van der Waals surface area contributed by atoms with Crippen molar-refractivity contribution in [3.8, 4) is 22.6 Å².